The Morgan fingerprint density at radius 3 is 2.58 bits per heavy atom. The molecule has 1 atom stereocenters. The molecular weight excluding hydrogens is 375 g/mol. The third-order valence-electron chi connectivity index (χ3n) is 4.14. The Bertz CT molecular complexity index is 715. The largest absolute Gasteiger partial charge is 0.355 e. The minimum Gasteiger partial charge on any atom is -0.355 e. The van der Waals surface area contributed by atoms with Crippen LogP contribution in [0.5, 0.6) is 0 Å². The van der Waals surface area contributed by atoms with Gasteiger partial charge in [0.05, 0.1) is 10.8 Å². The molecule has 1 aliphatic rings. The van der Waals surface area contributed by atoms with Gasteiger partial charge in [0.1, 0.15) is 5.82 Å². The van der Waals surface area contributed by atoms with Crippen LogP contribution in [0.1, 0.15) is 33.6 Å². The maximum Gasteiger partial charge on any atom is 0.243 e. The van der Waals surface area contributed by atoms with Crippen molar-refractivity contribution < 1.29 is 17.6 Å². The number of halogens is 1. The molecule has 1 heterocycles. The minimum atomic E-state index is -3.71. The minimum absolute atomic E-state index is 0.0570. The van der Waals surface area contributed by atoms with Gasteiger partial charge in [0, 0.05) is 30.1 Å². The number of rotatable bonds is 6. The molecular formula is C18H27FN2O3S2. The van der Waals surface area contributed by atoms with Gasteiger partial charge in [0.25, 0.3) is 0 Å². The van der Waals surface area contributed by atoms with Crippen LogP contribution >= 0.6 is 11.8 Å². The monoisotopic (exact) mass is 402 g/mol. The lowest BCUT2D eigenvalue weighted by atomic mass is 9.99. The second kappa shape index (κ2) is 8.71. The Morgan fingerprint density at radius 2 is 1.96 bits per heavy atom. The topological polar surface area (TPSA) is 66.5 Å². The average Bonchev–Trinajstić information content (AvgIpc) is 2.58. The van der Waals surface area contributed by atoms with E-state index < -0.39 is 15.8 Å². The zero-order valence-electron chi connectivity index (χ0n) is 15.5. The first-order valence-electron chi connectivity index (χ1n) is 8.77. The summed E-state index contributed by atoms with van der Waals surface area (Å²) in [4.78, 5) is 12.4. The number of benzene rings is 1. The van der Waals surface area contributed by atoms with Gasteiger partial charge in [-0.3, -0.25) is 4.79 Å². The molecule has 1 aromatic rings. The molecule has 0 aromatic heterocycles. The third kappa shape index (κ3) is 5.96. The highest BCUT2D eigenvalue weighted by atomic mass is 32.2. The zero-order chi connectivity index (χ0) is 19.4. The van der Waals surface area contributed by atoms with Crippen molar-refractivity contribution in [1.82, 2.24) is 9.62 Å². The van der Waals surface area contributed by atoms with Crippen LogP contribution in [-0.2, 0) is 14.8 Å². The van der Waals surface area contributed by atoms with Gasteiger partial charge in [0.15, 0.2) is 0 Å². The van der Waals surface area contributed by atoms with E-state index in [-0.39, 0.29) is 28.0 Å². The molecule has 1 unspecified atom stereocenters. The molecule has 1 amide bonds. The lowest BCUT2D eigenvalue weighted by Crippen LogP contribution is -2.45. The van der Waals surface area contributed by atoms with E-state index in [9.17, 15) is 17.6 Å². The van der Waals surface area contributed by atoms with Gasteiger partial charge in [-0.25, -0.2) is 12.8 Å². The van der Waals surface area contributed by atoms with Crippen molar-refractivity contribution in [2.24, 2.45) is 5.92 Å². The molecule has 5 nitrogen and oxygen atoms in total. The van der Waals surface area contributed by atoms with E-state index in [2.05, 4.69) is 26.1 Å². The van der Waals surface area contributed by atoms with Crippen LogP contribution in [0, 0.1) is 11.7 Å². The molecule has 0 saturated carbocycles. The van der Waals surface area contributed by atoms with Gasteiger partial charge in [-0.15, -0.1) is 0 Å². The van der Waals surface area contributed by atoms with Crippen molar-refractivity contribution in [1.29, 1.82) is 0 Å². The number of carbonyl (C=O) groups is 1. The molecule has 2 rings (SSSR count). The highest BCUT2D eigenvalue weighted by Gasteiger charge is 2.33. The molecule has 0 spiro atoms. The van der Waals surface area contributed by atoms with E-state index in [0.717, 1.165) is 17.9 Å². The number of hydrogen-bond acceptors (Lipinski definition) is 4. The van der Waals surface area contributed by atoms with Crippen molar-refractivity contribution in [3.05, 3.63) is 30.1 Å². The van der Waals surface area contributed by atoms with Gasteiger partial charge in [-0.1, -0.05) is 20.8 Å². The number of sulfonamides is 1. The van der Waals surface area contributed by atoms with E-state index in [1.165, 1.54) is 16.4 Å². The van der Waals surface area contributed by atoms with Crippen LogP contribution in [-0.4, -0.2) is 48.8 Å². The fourth-order valence-corrected chi connectivity index (χ4v) is 5.15. The molecule has 0 bridgehead atoms. The summed E-state index contributed by atoms with van der Waals surface area (Å²) in [5.41, 5.74) is 0. The number of nitrogens with one attached hydrogen (secondary N) is 1. The summed E-state index contributed by atoms with van der Waals surface area (Å²) >= 11 is 1.77. The third-order valence-corrected chi connectivity index (χ3v) is 7.30. The first kappa shape index (κ1) is 21.2. The van der Waals surface area contributed by atoms with Crippen molar-refractivity contribution >= 4 is 27.7 Å². The van der Waals surface area contributed by atoms with Crippen molar-refractivity contribution in [3.8, 4) is 0 Å². The number of hydrogen-bond donors (Lipinski definition) is 1. The standard InChI is InChI=1S/C18H27FN2O3S2/c1-18(2,3)25-12-10-20-17(22)14-5-4-11-21(13-14)26(23,24)16-8-6-15(19)7-9-16/h6-9,14H,4-5,10-13H2,1-3H3,(H,20,22). The predicted octanol–water partition coefficient (Wildman–Crippen LogP) is 2.87. The lowest BCUT2D eigenvalue weighted by molar-refractivity contribution is -0.125. The van der Waals surface area contributed by atoms with E-state index in [1.54, 1.807) is 11.8 Å². The van der Waals surface area contributed by atoms with Gasteiger partial charge < -0.3 is 5.32 Å². The predicted molar refractivity (Wildman–Crippen MR) is 103 cm³/mol. The molecule has 0 radical (unpaired) electrons. The highest BCUT2D eigenvalue weighted by Crippen LogP contribution is 2.25. The molecule has 146 valence electrons. The highest BCUT2D eigenvalue weighted by molar-refractivity contribution is 8.00. The summed E-state index contributed by atoms with van der Waals surface area (Å²) in [7, 11) is -3.71. The van der Waals surface area contributed by atoms with E-state index in [4.69, 9.17) is 0 Å². The SMILES string of the molecule is CC(C)(C)SCCNC(=O)C1CCCN(S(=O)(=O)c2ccc(F)cc2)C1. The smallest absolute Gasteiger partial charge is 0.243 e. The van der Waals surface area contributed by atoms with Crippen LogP contribution in [0.15, 0.2) is 29.2 Å². The molecule has 1 aromatic carbocycles. The van der Waals surface area contributed by atoms with Gasteiger partial charge in [-0.2, -0.15) is 16.1 Å². The summed E-state index contributed by atoms with van der Waals surface area (Å²) in [5.74, 6) is -0.107. The van der Waals surface area contributed by atoms with Gasteiger partial charge in [-0.05, 0) is 37.1 Å². The summed E-state index contributed by atoms with van der Waals surface area (Å²) in [6.07, 6.45) is 1.31. The van der Waals surface area contributed by atoms with E-state index in [1.807, 2.05) is 0 Å². The molecule has 1 N–H and O–H groups in total. The summed E-state index contributed by atoms with van der Waals surface area (Å²) in [5, 5.41) is 2.91. The lowest BCUT2D eigenvalue weighted by Gasteiger charge is -2.31. The van der Waals surface area contributed by atoms with Crippen LogP contribution in [0.3, 0.4) is 0 Å². The quantitative estimate of drug-likeness (QED) is 0.743. The molecule has 26 heavy (non-hydrogen) atoms. The maximum atomic E-state index is 13.0. The summed E-state index contributed by atoms with van der Waals surface area (Å²) in [6, 6.07) is 4.79. The Hall–Kier alpha value is -1.12. The number of amides is 1. The second-order valence-corrected chi connectivity index (χ2v) is 11.3. The Balaban J connectivity index is 1.93. The molecule has 0 aliphatic carbocycles. The summed E-state index contributed by atoms with van der Waals surface area (Å²) < 4.78 is 39.9. The van der Waals surface area contributed by atoms with Gasteiger partial charge >= 0.3 is 0 Å². The van der Waals surface area contributed by atoms with E-state index in [0.29, 0.717) is 25.9 Å². The Morgan fingerprint density at radius 1 is 1.31 bits per heavy atom. The fourth-order valence-electron chi connectivity index (χ4n) is 2.81. The Kier molecular flexibility index (Phi) is 7.10. The molecule has 1 aliphatic heterocycles. The Labute approximate surface area is 159 Å². The number of nitrogens with zero attached hydrogens (tertiary/aromatic N) is 1. The first-order chi connectivity index (χ1) is 12.1. The molecule has 1 saturated heterocycles. The van der Waals surface area contributed by atoms with Crippen molar-refractivity contribution in [3.63, 3.8) is 0 Å². The molecule has 1 fully saturated rings. The van der Waals surface area contributed by atoms with Crippen molar-refractivity contribution in [2.75, 3.05) is 25.4 Å². The maximum absolute atomic E-state index is 13.0. The van der Waals surface area contributed by atoms with Crippen LogP contribution < -0.4 is 5.32 Å². The average molecular weight is 403 g/mol. The first-order valence-corrected chi connectivity index (χ1v) is 11.2. The fraction of sp³-hybridized carbons (Fsp3) is 0.611. The van der Waals surface area contributed by atoms with Crippen LogP contribution in [0.4, 0.5) is 4.39 Å². The second-order valence-electron chi connectivity index (χ2n) is 7.41. The van der Waals surface area contributed by atoms with E-state index >= 15 is 0 Å². The van der Waals surface area contributed by atoms with Crippen molar-refractivity contribution in [2.45, 2.75) is 43.3 Å². The summed E-state index contributed by atoms with van der Waals surface area (Å²) in [6.45, 7) is 7.49. The number of piperidine rings is 1. The van der Waals surface area contributed by atoms with Crippen LogP contribution in [0.25, 0.3) is 0 Å². The van der Waals surface area contributed by atoms with Gasteiger partial charge in [0.2, 0.25) is 15.9 Å². The number of thioether (sulfide) groups is 1. The number of carbonyl (C=O) groups excluding carboxylic acids is 1. The normalized spacial score (nSPS) is 19.3. The molecule has 8 heteroatoms. The zero-order valence-corrected chi connectivity index (χ0v) is 17.1. The van der Waals surface area contributed by atoms with Crippen LogP contribution in [0.2, 0.25) is 0 Å².